The number of halogens is 3. The number of amides is 1. The first-order chi connectivity index (χ1) is 12.3. The Morgan fingerprint density at radius 2 is 1.69 bits per heavy atom. The summed E-state index contributed by atoms with van der Waals surface area (Å²) in [4.78, 5) is 14.2. The van der Waals surface area contributed by atoms with Gasteiger partial charge in [0.15, 0.2) is 0 Å². The summed E-state index contributed by atoms with van der Waals surface area (Å²) < 4.78 is 38.2. The molecule has 0 saturated heterocycles. The molecule has 0 bridgehead atoms. The molecule has 0 aliphatic carbocycles. The van der Waals surface area contributed by atoms with Crippen LogP contribution in [0, 0.1) is 0 Å². The van der Waals surface area contributed by atoms with Gasteiger partial charge in [0.25, 0.3) is 0 Å². The van der Waals surface area contributed by atoms with Crippen molar-refractivity contribution in [2.75, 3.05) is 13.6 Å². The first kappa shape index (κ1) is 20.0. The molecule has 0 fully saturated rings. The molecule has 0 radical (unpaired) electrons. The van der Waals surface area contributed by atoms with E-state index in [1.54, 1.807) is 0 Å². The van der Waals surface area contributed by atoms with E-state index in [2.05, 4.69) is 17.1 Å². The van der Waals surface area contributed by atoms with E-state index in [-0.39, 0.29) is 12.3 Å². The predicted molar refractivity (Wildman–Crippen MR) is 95.4 cm³/mol. The highest BCUT2D eigenvalue weighted by molar-refractivity contribution is 5.78. The Morgan fingerprint density at radius 3 is 2.38 bits per heavy atom. The summed E-state index contributed by atoms with van der Waals surface area (Å²) in [6.45, 7) is 4.19. The quantitative estimate of drug-likeness (QED) is 0.805. The van der Waals surface area contributed by atoms with Crippen LogP contribution in [0.4, 0.5) is 13.2 Å². The number of carbonyl (C=O) groups is 1. The SMILES string of the molecule is CCN(C)Cc1cccc(CNC(=O)Cc2cccc(C(F)(F)F)c2)c1. The number of nitrogens with zero attached hydrogens (tertiary/aromatic N) is 1. The van der Waals surface area contributed by atoms with Gasteiger partial charge in [-0.15, -0.1) is 0 Å². The zero-order chi connectivity index (χ0) is 19.2. The Morgan fingerprint density at radius 1 is 1.04 bits per heavy atom. The number of hydrogen-bond acceptors (Lipinski definition) is 2. The Kier molecular flexibility index (Phi) is 6.80. The van der Waals surface area contributed by atoms with Gasteiger partial charge in [-0.1, -0.05) is 49.4 Å². The molecule has 2 aromatic rings. The monoisotopic (exact) mass is 364 g/mol. The molecule has 140 valence electrons. The van der Waals surface area contributed by atoms with Gasteiger partial charge in [-0.25, -0.2) is 0 Å². The summed E-state index contributed by atoms with van der Waals surface area (Å²) in [5.74, 6) is -0.305. The van der Waals surface area contributed by atoms with E-state index in [0.717, 1.165) is 36.3 Å². The summed E-state index contributed by atoms with van der Waals surface area (Å²) in [5, 5.41) is 2.77. The number of benzene rings is 2. The second-order valence-electron chi connectivity index (χ2n) is 6.30. The zero-order valence-corrected chi connectivity index (χ0v) is 14.9. The van der Waals surface area contributed by atoms with Gasteiger partial charge in [0.2, 0.25) is 5.91 Å². The third kappa shape index (κ3) is 6.19. The average Bonchev–Trinajstić information content (AvgIpc) is 2.60. The Labute approximate surface area is 151 Å². The van der Waals surface area contributed by atoms with Crippen LogP contribution in [0.3, 0.4) is 0 Å². The lowest BCUT2D eigenvalue weighted by Crippen LogP contribution is -2.25. The van der Waals surface area contributed by atoms with Crippen LogP contribution in [0.2, 0.25) is 0 Å². The van der Waals surface area contributed by atoms with Crippen LogP contribution in [0.5, 0.6) is 0 Å². The van der Waals surface area contributed by atoms with E-state index < -0.39 is 11.7 Å². The third-order valence-electron chi connectivity index (χ3n) is 4.09. The molecule has 0 unspecified atom stereocenters. The largest absolute Gasteiger partial charge is 0.416 e. The van der Waals surface area contributed by atoms with Gasteiger partial charge in [-0.3, -0.25) is 4.79 Å². The van der Waals surface area contributed by atoms with E-state index in [1.807, 2.05) is 31.3 Å². The maximum absolute atomic E-state index is 12.7. The molecule has 26 heavy (non-hydrogen) atoms. The molecule has 0 atom stereocenters. The first-order valence-corrected chi connectivity index (χ1v) is 8.47. The highest BCUT2D eigenvalue weighted by Gasteiger charge is 2.30. The van der Waals surface area contributed by atoms with Crippen LogP contribution >= 0.6 is 0 Å². The highest BCUT2D eigenvalue weighted by Crippen LogP contribution is 2.29. The highest BCUT2D eigenvalue weighted by atomic mass is 19.4. The molecule has 2 rings (SSSR count). The minimum Gasteiger partial charge on any atom is -0.352 e. The summed E-state index contributed by atoms with van der Waals surface area (Å²) in [6.07, 6.45) is -4.49. The fraction of sp³-hybridized carbons (Fsp3) is 0.350. The second-order valence-corrected chi connectivity index (χ2v) is 6.30. The molecule has 2 aromatic carbocycles. The van der Waals surface area contributed by atoms with Gasteiger partial charge in [0.1, 0.15) is 0 Å². The average molecular weight is 364 g/mol. The summed E-state index contributed by atoms with van der Waals surface area (Å²) >= 11 is 0. The van der Waals surface area contributed by atoms with E-state index >= 15 is 0 Å². The van der Waals surface area contributed by atoms with E-state index in [4.69, 9.17) is 0 Å². The van der Waals surface area contributed by atoms with Gasteiger partial charge in [-0.2, -0.15) is 13.2 Å². The number of rotatable bonds is 7. The molecule has 1 amide bonds. The van der Waals surface area contributed by atoms with Gasteiger partial charge in [-0.05, 0) is 36.3 Å². The Balaban J connectivity index is 1.92. The van der Waals surface area contributed by atoms with Crippen LogP contribution in [0.25, 0.3) is 0 Å². The lowest BCUT2D eigenvalue weighted by molar-refractivity contribution is -0.137. The molecule has 0 aliphatic heterocycles. The Hall–Kier alpha value is -2.34. The van der Waals surface area contributed by atoms with Crippen molar-refractivity contribution in [3.05, 3.63) is 70.8 Å². The third-order valence-corrected chi connectivity index (χ3v) is 4.09. The zero-order valence-electron chi connectivity index (χ0n) is 14.9. The molecule has 0 aromatic heterocycles. The van der Waals surface area contributed by atoms with Crippen molar-refractivity contribution in [3.63, 3.8) is 0 Å². The molecule has 1 N–H and O–H groups in total. The maximum atomic E-state index is 12.7. The fourth-order valence-corrected chi connectivity index (χ4v) is 2.57. The number of alkyl halides is 3. The maximum Gasteiger partial charge on any atom is 0.416 e. The minimum absolute atomic E-state index is 0.0812. The number of carbonyl (C=O) groups excluding carboxylic acids is 1. The first-order valence-electron chi connectivity index (χ1n) is 8.47. The predicted octanol–water partition coefficient (Wildman–Crippen LogP) is 4.02. The summed E-state index contributed by atoms with van der Waals surface area (Å²) in [7, 11) is 2.03. The van der Waals surface area contributed by atoms with Crippen molar-refractivity contribution in [3.8, 4) is 0 Å². The van der Waals surface area contributed by atoms with Gasteiger partial charge in [0, 0.05) is 13.1 Å². The molecule has 0 heterocycles. The minimum atomic E-state index is -4.40. The standard InChI is InChI=1S/C20H23F3N2O/c1-3-25(2)14-17-8-4-7-16(10-17)13-24-19(26)12-15-6-5-9-18(11-15)20(21,22)23/h4-11H,3,12-14H2,1-2H3,(H,24,26). The molecular formula is C20H23F3N2O. The van der Waals surface area contributed by atoms with Crippen molar-refractivity contribution in [1.29, 1.82) is 0 Å². The van der Waals surface area contributed by atoms with E-state index in [9.17, 15) is 18.0 Å². The summed E-state index contributed by atoms with van der Waals surface area (Å²) in [5.41, 5.74) is 1.72. The van der Waals surface area contributed by atoms with Crippen LogP contribution in [0.1, 0.15) is 29.2 Å². The topological polar surface area (TPSA) is 32.3 Å². The van der Waals surface area contributed by atoms with Crippen LogP contribution < -0.4 is 5.32 Å². The number of hydrogen-bond donors (Lipinski definition) is 1. The lowest BCUT2D eigenvalue weighted by atomic mass is 10.1. The van der Waals surface area contributed by atoms with Gasteiger partial charge >= 0.3 is 6.18 Å². The van der Waals surface area contributed by atoms with Crippen LogP contribution in [-0.2, 0) is 30.5 Å². The van der Waals surface area contributed by atoms with E-state index in [1.165, 1.54) is 12.1 Å². The summed E-state index contributed by atoms with van der Waals surface area (Å²) in [6, 6.07) is 12.8. The molecule has 0 saturated carbocycles. The van der Waals surface area contributed by atoms with Crippen molar-refractivity contribution < 1.29 is 18.0 Å². The molecule has 3 nitrogen and oxygen atoms in total. The van der Waals surface area contributed by atoms with Crippen molar-refractivity contribution in [1.82, 2.24) is 10.2 Å². The smallest absolute Gasteiger partial charge is 0.352 e. The number of nitrogens with one attached hydrogen (secondary N) is 1. The normalized spacial score (nSPS) is 11.6. The molecule has 0 aliphatic rings. The fourth-order valence-electron chi connectivity index (χ4n) is 2.57. The lowest BCUT2D eigenvalue weighted by Gasteiger charge is -2.14. The molecular weight excluding hydrogens is 341 g/mol. The molecule has 6 heteroatoms. The van der Waals surface area contributed by atoms with Crippen molar-refractivity contribution in [2.45, 2.75) is 32.6 Å². The Bertz CT molecular complexity index is 744. The van der Waals surface area contributed by atoms with Gasteiger partial charge in [0.05, 0.1) is 12.0 Å². The molecule has 0 spiro atoms. The van der Waals surface area contributed by atoms with Gasteiger partial charge < -0.3 is 10.2 Å². The van der Waals surface area contributed by atoms with E-state index in [0.29, 0.717) is 12.1 Å². The van der Waals surface area contributed by atoms with Crippen LogP contribution in [0.15, 0.2) is 48.5 Å². The van der Waals surface area contributed by atoms with Crippen LogP contribution in [-0.4, -0.2) is 24.4 Å². The van der Waals surface area contributed by atoms with Crippen molar-refractivity contribution in [2.24, 2.45) is 0 Å². The van der Waals surface area contributed by atoms with Crippen molar-refractivity contribution >= 4 is 5.91 Å². The second kappa shape index (κ2) is 8.85.